The lowest BCUT2D eigenvalue weighted by Gasteiger charge is -2.18. The Kier molecular flexibility index (Phi) is 3.44. The molecule has 0 amide bonds. The summed E-state index contributed by atoms with van der Waals surface area (Å²) in [7, 11) is 0. The van der Waals surface area contributed by atoms with E-state index in [1.54, 1.807) is 0 Å². The fourth-order valence-corrected chi connectivity index (χ4v) is 3.28. The molecule has 1 saturated heterocycles. The Labute approximate surface area is 136 Å². The molecule has 1 aliphatic heterocycles. The van der Waals surface area contributed by atoms with Gasteiger partial charge >= 0.3 is 0 Å². The van der Waals surface area contributed by atoms with Crippen molar-refractivity contribution >= 4 is 10.8 Å². The zero-order valence-electron chi connectivity index (χ0n) is 13.4. The van der Waals surface area contributed by atoms with Crippen LogP contribution >= 0.6 is 0 Å². The maximum atomic E-state index is 6.23. The molecular formula is C21H20O2. The Hall–Kier alpha value is -2.16. The predicted molar refractivity (Wildman–Crippen MR) is 92.1 cm³/mol. The summed E-state index contributed by atoms with van der Waals surface area (Å²) in [5, 5.41) is 2.47. The van der Waals surface area contributed by atoms with E-state index in [4.69, 9.17) is 9.47 Å². The van der Waals surface area contributed by atoms with Crippen LogP contribution in [0.25, 0.3) is 10.8 Å². The van der Waals surface area contributed by atoms with Gasteiger partial charge in [-0.05, 0) is 41.8 Å². The summed E-state index contributed by atoms with van der Waals surface area (Å²) in [6.45, 7) is 3.95. The molecule has 0 aromatic heterocycles. The van der Waals surface area contributed by atoms with Crippen LogP contribution < -0.4 is 0 Å². The summed E-state index contributed by atoms with van der Waals surface area (Å²) in [4.78, 5) is 0. The minimum Gasteiger partial charge on any atom is -0.339 e. The van der Waals surface area contributed by atoms with Crippen molar-refractivity contribution in [2.75, 3.05) is 0 Å². The van der Waals surface area contributed by atoms with E-state index >= 15 is 0 Å². The first-order chi connectivity index (χ1) is 11.1. The van der Waals surface area contributed by atoms with E-state index in [1.807, 2.05) is 32.0 Å². The van der Waals surface area contributed by atoms with E-state index in [1.165, 1.54) is 10.8 Å². The maximum absolute atomic E-state index is 6.23. The molecule has 0 N–H and O–H groups in total. The highest BCUT2D eigenvalue weighted by Crippen LogP contribution is 2.47. The van der Waals surface area contributed by atoms with Gasteiger partial charge in [0.15, 0.2) is 5.79 Å². The van der Waals surface area contributed by atoms with Gasteiger partial charge in [-0.25, -0.2) is 0 Å². The van der Waals surface area contributed by atoms with E-state index < -0.39 is 5.79 Å². The van der Waals surface area contributed by atoms with Gasteiger partial charge in [0.05, 0.1) is 0 Å². The molecule has 23 heavy (non-hydrogen) atoms. The second kappa shape index (κ2) is 5.48. The molecule has 1 aliphatic rings. The highest BCUT2D eigenvalue weighted by atomic mass is 16.7. The van der Waals surface area contributed by atoms with Gasteiger partial charge in [-0.15, -0.1) is 0 Å². The molecule has 1 heterocycles. The van der Waals surface area contributed by atoms with Gasteiger partial charge in [-0.2, -0.15) is 0 Å². The van der Waals surface area contributed by atoms with E-state index in [2.05, 4.69) is 54.6 Å². The second-order valence-electron chi connectivity index (χ2n) is 6.49. The van der Waals surface area contributed by atoms with Crippen molar-refractivity contribution in [3.8, 4) is 0 Å². The summed E-state index contributed by atoms with van der Waals surface area (Å²) in [5.74, 6) is -0.586. The average Bonchev–Trinajstić information content (AvgIpc) is 2.91. The fraction of sp³-hybridized carbons (Fsp3) is 0.238. The maximum Gasteiger partial charge on any atom is 0.164 e. The molecule has 1 fully saturated rings. The Morgan fingerprint density at radius 3 is 2.00 bits per heavy atom. The minimum atomic E-state index is -0.586. The molecule has 2 nitrogen and oxygen atoms in total. The first-order valence-electron chi connectivity index (χ1n) is 8.02. The molecule has 4 rings (SSSR count). The SMILES string of the molecule is CC1(C)O[C@H](c2ccccc2)[C@@H](c2ccc3ccccc3c2)O1. The molecule has 116 valence electrons. The lowest BCUT2D eigenvalue weighted by atomic mass is 9.96. The van der Waals surface area contributed by atoms with Crippen molar-refractivity contribution < 1.29 is 9.47 Å². The zero-order valence-corrected chi connectivity index (χ0v) is 13.4. The van der Waals surface area contributed by atoms with Crippen LogP contribution in [-0.2, 0) is 9.47 Å². The van der Waals surface area contributed by atoms with Crippen LogP contribution in [0.1, 0.15) is 37.2 Å². The third-order valence-corrected chi connectivity index (χ3v) is 4.33. The Morgan fingerprint density at radius 2 is 1.26 bits per heavy atom. The molecule has 3 aromatic rings. The van der Waals surface area contributed by atoms with E-state index in [0.717, 1.165) is 11.1 Å². The normalized spacial score (nSPS) is 23.2. The van der Waals surface area contributed by atoms with Crippen molar-refractivity contribution in [3.63, 3.8) is 0 Å². The van der Waals surface area contributed by atoms with Crippen LogP contribution in [0, 0.1) is 0 Å². The van der Waals surface area contributed by atoms with Gasteiger partial charge < -0.3 is 9.47 Å². The van der Waals surface area contributed by atoms with Gasteiger partial charge in [-0.1, -0.05) is 66.7 Å². The standard InChI is InChI=1S/C21H20O2/c1-21(2)22-19(16-9-4-3-5-10-16)20(23-21)18-13-12-15-8-6-7-11-17(15)14-18/h3-14,19-20H,1-2H3/t19-,20-/m1/s1. The number of ether oxygens (including phenoxy) is 2. The first-order valence-corrected chi connectivity index (χ1v) is 8.02. The first kappa shape index (κ1) is 14.4. The quantitative estimate of drug-likeness (QED) is 0.630. The highest BCUT2D eigenvalue weighted by Gasteiger charge is 2.42. The largest absolute Gasteiger partial charge is 0.339 e. The zero-order chi connectivity index (χ0) is 15.9. The number of hydrogen-bond acceptors (Lipinski definition) is 2. The number of hydrogen-bond donors (Lipinski definition) is 0. The third kappa shape index (κ3) is 2.76. The van der Waals surface area contributed by atoms with Crippen molar-refractivity contribution in [2.45, 2.75) is 31.8 Å². The van der Waals surface area contributed by atoms with Gasteiger partial charge in [0, 0.05) is 0 Å². The van der Waals surface area contributed by atoms with E-state index in [-0.39, 0.29) is 12.2 Å². The minimum absolute atomic E-state index is 0.0904. The third-order valence-electron chi connectivity index (χ3n) is 4.33. The lowest BCUT2D eigenvalue weighted by molar-refractivity contribution is -0.147. The Balaban J connectivity index is 1.77. The van der Waals surface area contributed by atoms with Crippen LogP contribution in [-0.4, -0.2) is 5.79 Å². The molecule has 0 saturated carbocycles. The van der Waals surface area contributed by atoms with Crippen molar-refractivity contribution in [2.24, 2.45) is 0 Å². The highest BCUT2D eigenvalue weighted by molar-refractivity contribution is 5.83. The molecule has 2 atom stereocenters. The second-order valence-corrected chi connectivity index (χ2v) is 6.49. The Bertz CT molecular complexity index is 823. The van der Waals surface area contributed by atoms with Crippen LogP contribution in [0.15, 0.2) is 72.8 Å². The van der Waals surface area contributed by atoms with Gasteiger partial charge in [-0.3, -0.25) is 0 Å². The summed E-state index contributed by atoms with van der Waals surface area (Å²) >= 11 is 0. The predicted octanol–water partition coefficient (Wildman–Crippen LogP) is 5.41. The molecule has 0 bridgehead atoms. The lowest BCUT2D eigenvalue weighted by Crippen LogP contribution is -2.20. The topological polar surface area (TPSA) is 18.5 Å². The van der Waals surface area contributed by atoms with Crippen LogP contribution in [0.4, 0.5) is 0 Å². The molecule has 0 unspecified atom stereocenters. The van der Waals surface area contributed by atoms with Gasteiger partial charge in [0.1, 0.15) is 12.2 Å². The molecule has 0 aliphatic carbocycles. The molecular weight excluding hydrogens is 284 g/mol. The number of benzene rings is 3. The average molecular weight is 304 g/mol. The summed E-state index contributed by atoms with van der Waals surface area (Å²) in [6.07, 6.45) is -0.190. The van der Waals surface area contributed by atoms with Gasteiger partial charge in [0.25, 0.3) is 0 Å². The monoisotopic (exact) mass is 304 g/mol. The summed E-state index contributed by atoms with van der Waals surface area (Å²) < 4.78 is 12.4. The Morgan fingerprint density at radius 1 is 0.652 bits per heavy atom. The number of fused-ring (bicyclic) bond motifs is 1. The summed E-state index contributed by atoms with van der Waals surface area (Å²) in [6, 6.07) is 25.2. The van der Waals surface area contributed by atoms with E-state index in [9.17, 15) is 0 Å². The molecule has 0 spiro atoms. The van der Waals surface area contributed by atoms with Crippen molar-refractivity contribution in [3.05, 3.63) is 83.9 Å². The summed E-state index contributed by atoms with van der Waals surface area (Å²) in [5.41, 5.74) is 2.30. The molecule has 3 aromatic carbocycles. The van der Waals surface area contributed by atoms with Crippen molar-refractivity contribution in [1.29, 1.82) is 0 Å². The van der Waals surface area contributed by atoms with Crippen molar-refractivity contribution in [1.82, 2.24) is 0 Å². The van der Waals surface area contributed by atoms with E-state index in [0.29, 0.717) is 0 Å². The molecule has 2 heteroatoms. The number of rotatable bonds is 2. The van der Waals surface area contributed by atoms with Crippen LogP contribution in [0.2, 0.25) is 0 Å². The fourth-order valence-electron chi connectivity index (χ4n) is 3.28. The van der Waals surface area contributed by atoms with Crippen LogP contribution in [0.3, 0.4) is 0 Å². The smallest absolute Gasteiger partial charge is 0.164 e. The van der Waals surface area contributed by atoms with Gasteiger partial charge in [0.2, 0.25) is 0 Å². The molecule has 0 radical (unpaired) electrons. The van der Waals surface area contributed by atoms with Crippen LogP contribution in [0.5, 0.6) is 0 Å².